The third-order valence-corrected chi connectivity index (χ3v) is 3.85. The van der Waals surface area contributed by atoms with Crippen LogP contribution in [0.4, 0.5) is 0 Å². The molecule has 0 bridgehead atoms. The van der Waals surface area contributed by atoms with Crippen LogP contribution in [0, 0.1) is 0 Å². The van der Waals surface area contributed by atoms with E-state index in [0.29, 0.717) is 12.6 Å². The molecule has 0 radical (unpaired) electrons. The molecule has 0 saturated heterocycles. The van der Waals surface area contributed by atoms with Gasteiger partial charge in [-0.15, -0.1) is 0 Å². The molecule has 100 valence electrons. The summed E-state index contributed by atoms with van der Waals surface area (Å²) >= 11 is 5.85. The molecule has 19 heavy (non-hydrogen) atoms. The first-order valence-electron chi connectivity index (χ1n) is 6.73. The number of rotatable bonds is 4. The maximum absolute atomic E-state index is 5.85. The van der Waals surface area contributed by atoms with Crippen LogP contribution in [0.1, 0.15) is 37.3 Å². The van der Waals surface area contributed by atoms with Crippen molar-refractivity contribution in [1.29, 1.82) is 0 Å². The Balaban J connectivity index is 1.59. The molecule has 0 spiro atoms. The molecule has 0 unspecified atom stereocenters. The van der Waals surface area contributed by atoms with Gasteiger partial charge in [0.15, 0.2) is 5.75 Å². The second-order valence-electron chi connectivity index (χ2n) is 5.01. The quantitative estimate of drug-likeness (QED) is 0.835. The predicted octanol–water partition coefficient (Wildman–Crippen LogP) is 4.23. The smallest absolute Gasteiger partial charge is 0.157 e. The molecule has 1 aliphatic rings. The van der Waals surface area contributed by atoms with Gasteiger partial charge in [-0.25, -0.2) is 0 Å². The SMILES string of the molecule is Clc1ccc(COc2cnn(C3CCCC3)c2)cc1. The van der Waals surface area contributed by atoms with Gasteiger partial charge in [0.05, 0.1) is 18.4 Å². The van der Waals surface area contributed by atoms with Gasteiger partial charge in [-0.3, -0.25) is 4.68 Å². The molecule has 1 fully saturated rings. The Kier molecular flexibility index (Phi) is 3.74. The number of nitrogens with zero attached hydrogens (tertiary/aromatic N) is 2. The lowest BCUT2D eigenvalue weighted by Gasteiger charge is -2.08. The average Bonchev–Trinajstić information content (AvgIpc) is 3.09. The Bertz CT molecular complexity index is 529. The molecule has 1 aromatic carbocycles. The van der Waals surface area contributed by atoms with Crippen molar-refractivity contribution in [1.82, 2.24) is 9.78 Å². The number of hydrogen-bond donors (Lipinski definition) is 0. The molecule has 1 aliphatic carbocycles. The van der Waals surface area contributed by atoms with Crippen LogP contribution in [0.2, 0.25) is 5.02 Å². The summed E-state index contributed by atoms with van der Waals surface area (Å²) in [4.78, 5) is 0. The van der Waals surface area contributed by atoms with Crippen LogP contribution in [0.15, 0.2) is 36.7 Å². The maximum Gasteiger partial charge on any atom is 0.157 e. The Labute approximate surface area is 118 Å². The fourth-order valence-electron chi connectivity index (χ4n) is 2.51. The van der Waals surface area contributed by atoms with Crippen molar-refractivity contribution in [3.8, 4) is 5.75 Å². The fourth-order valence-corrected chi connectivity index (χ4v) is 2.64. The molecule has 3 nitrogen and oxygen atoms in total. The van der Waals surface area contributed by atoms with Crippen LogP contribution >= 0.6 is 11.6 Å². The molecular formula is C15H17ClN2O. The van der Waals surface area contributed by atoms with E-state index < -0.39 is 0 Å². The van der Waals surface area contributed by atoms with Crippen molar-refractivity contribution in [2.45, 2.75) is 38.3 Å². The third-order valence-electron chi connectivity index (χ3n) is 3.60. The van der Waals surface area contributed by atoms with E-state index in [0.717, 1.165) is 16.3 Å². The van der Waals surface area contributed by atoms with Crippen LogP contribution in [-0.4, -0.2) is 9.78 Å². The summed E-state index contributed by atoms with van der Waals surface area (Å²) in [7, 11) is 0. The van der Waals surface area contributed by atoms with Crippen molar-refractivity contribution in [3.05, 3.63) is 47.2 Å². The second-order valence-corrected chi connectivity index (χ2v) is 5.45. The standard InChI is InChI=1S/C15H17ClN2O/c16-13-7-5-12(6-8-13)11-19-15-9-17-18(10-15)14-3-1-2-4-14/h5-10,14H,1-4,11H2. The summed E-state index contributed by atoms with van der Waals surface area (Å²) < 4.78 is 7.79. The average molecular weight is 277 g/mol. The minimum absolute atomic E-state index is 0.549. The largest absolute Gasteiger partial charge is 0.486 e. The number of benzene rings is 1. The molecular weight excluding hydrogens is 260 g/mol. The minimum atomic E-state index is 0.549. The van der Waals surface area contributed by atoms with Crippen molar-refractivity contribution in [3.63, 3.8) is 0 Å². The fraction of sp³-hybridized carbons (Fsp3) is 0.400. The van der Waals surface area contributed by atoms with Crippen LogP contribution in [-0.2, 0) is 6.61 Å². The summed E-state index contributed by atoms with van der Waals surface area (Å²) in [5.74, 6) is 0.835. The molecule has 1 saturated carbocycles. The van der Waals surface area contributed by atoms with Crippen molar-refractivity contribution >= 4 is 11.6 Å². The highest BCUT2D eigenvalue weighted by molar-refractivity contribution is 6.30. The predicted molar refractivity (Wildman–Crippen MR) is 75.5 cm³/mol. The molecule has 0 atom stereocenters. The van der Waals surface area contributed by atoms with Gasteiger partial charge >= 0.3 is 0 Å². The van der Waals surface area contributed by atoms with Gasteiger partial charge in [0.2, 0.25) is 0 Å². The summed E-state index contributed by atoms with van der Waals surface area (Å²) in [6.07, 6.45) is 8.90. The highest BCUT2D eigenvalue weighted by Crippen LogP contribution is 2.29. The van der Waals surface area contributed by atoms with Gasteiger partial charge < -0.3 is 4.74 Å². The molecule has 3 rings (SSSR count). The van der Waals surface area contributed by atoms with Crippen LogP contribution in [0.25, 0.3) is 0 Å². The molecule has 0 amide bonds. The lowest BCUT2D eigenvalue weighted by molar-refractivity contribution is 0.305. The summed E-state index contributed by atoms with van der Waals surface area (Å²) in [6.45, 7) is 0.549. The molecule has 1 aromatic heterocycles. The van der Waals surface area contributed by atoms with Gasteiger partial charge in [0.25, 0.3) is 0 Å². The normalized spacial score (nSPS) is 15.8. The molecule has 1 heterocycles. The number of aromatic nitrogens is 2. The van der Waals surface area contributed by atoms with E-state index >= 15 is 0 Å². The third kappa shape index (κ3) is 3.10. The molecule has 2 aromatic rings. The Morgan fingerprint density at radius 3 is 2.68 bits per heavy atom. The Morgan fingerprint density at radius 1 is 1.21 bits per heavy atom. The van der Waals surface area contributed by atoms with E-state index in [-0.39, 0.29) is 0 Å². The Hall–Kier alpha value is -1.48. The zero-order valence-corrected chi connectivity index (χ0v) is 11.5. The summed E-state index contributed by atoms with van der Waals surface area (Å²) in [5, 5.41) is 5.14. The maximum atomic E-state index is 5.85. The van der Waals surface area contributed by atoms with Gasteiger partial charge in [0, 0.05) is 5.02 Å². The monoisotopic (exact) mass is 276 g/mol. The van der Waals surface area contributed by atoms with Gasteiger partial charge in [-0.05, 0) is 30.5 Å². The first-order chi connectivity index (χ1) is 9.31. The number of hydrogen-bond acceptors (Lipinski definition) is 2. The highest BCUT2D eigenvalue weighted by atomic mass is 35.5. The van der Waals surface area contributed by atoms with Crippen molar-refractivity contribution in [2.75, 3.05) is 0 Å². The lowest BCUT2D eigenvalue weighted by Crippen LogP contribution is -2.04. The van der Waals surface area contributed by atoms with Crippen molar-refractivity contribution < 1.29 is 4.74 Å². The van der Waals surface area contributed by atoms with E-state index in [2.05, 4.69) is 5.10 Å². The summed E-state index contributed by atoms with van der Waals surface area (Å²) in [5.41, 5.74) is 1.11. The van der Waals surface area contributed by atoms with Crippen LogP contribution in [0.3, 0.4) is 0 Å². The first kappa shape index (κ1) is 12.5. The van der Waals surface area contributed by atoms with E-state index in [1.54, 1.807) is 6.20 Å². The van der Waals surface area contributed by atoms with E-state index in [1.165, 1.54) is 25.7 Å². The van der Waals surface area contributed by atoms with E-state index in [4.69, 9.17) is 16.3 Å². The minimum Gasteiger partial charge on any atom is -0.486 e. The first-order valence-corrected chi connectivity index (χ1v) is 7.10. The Morgan fingerprint density at radius 2 is 1.95 bits per heavy atom. The van der Waals surface area contributed by atoms with Gasteiger partial charge in [-0.2, -0.15) is 5.10 Å². The molecule has 0 aliphatic heterocycles. The lowest BCUT2D eigenvalue weighted by atomic mass is 10.2. The molecule has 0 N–H and O–H groups in total. The summed E-state index contributed by atoms with van der Waals surface area (Å²) in [6, 6.07) is 8.27. The van der Waals surface area contributed by atoms with Crippen molar-refractivity contribution in [2.24, 2.45) is 0 Å². The zero-order valence-electron chi connectivity index (χ0n) is 10.8. The van der Waals surface area contributed by atoms with Gasteiger partial charge in [-0.1, -0.05) is 36.6 Å². The second kappa shape index (κ2) is 5.66. The van der Waals surface area contributed by atoms with Crippen LogP contribution in [0.5, 0.6) is 5.75 Å². The topological polar surface area (TPSA) is 27.1 Å². The number of ether oxygens (including phenoxy) is 1. The highest BCUT2D eigenvalue weighted by Gasteiger charge is 2.17. The van der Waals surface area contributed by atoms with Crippen LogP contribution < -0.4 is 4.74 Å². The van der Waals surface area contributed by atoms with Gasteiger partial charge in [0.1, 0.15) is 6.61 Å². The zero-order chi connectivity index (χ0) is 13.1. The number of halogens is 1. The molecule has 4 heteroatoms. The van der Waals surface area contributed by atoms with E-state index in [9.17, 15) is 0 Å². The van der Waals surface area contributed by atoms with E-state index in [1.807, 2.05) is 35.1 Å².